The highest BCUT2D eigenvalue weighted by Crippen LogP contribution is 2.19. The Morgan fingerprint density at radius 1 is 1.40 bits per heavy atom. The lowest BCUT2D eigenvalue weighted by Gasteiger charge is -2.01. The van der Waals surface area contributed by atoms with Crippen LogP contribution in [0.4, 0.5) is 8.78 Å². The van der Waals surface area contributed by atoms with Crippen molar-refractivity contribution in [3.63, 3.8) is 0 Å². The van der Waals surface area contributed by atoms with Gasteiger partial charge in [-0.2, -0.15) is 4.39 Å². The van der Waals surface area contributed by atoms with Gasteiger partial charge in [0.05, 0.1) is 19.4 Å². The Morgan fingerprint density at radius 2 is 2.13 bits per heavy atom. The molecule has 0 spiro atoms. The molecule has 5 heteroatoms. The second-order valence-electron chi connectivity index (χ2n) is 2.50. The summed E-state index contributed by atoms with van der Waals surface area (Å²) in [5.74, 6) is -3.06. The van der Waals surface area contributed by atoms with Crippen molar-refractivity contribution in [2.75, 3.05) is 7.11 Å². The Balaban J connectivity index is 2.70. The molecule has 0 saturated carbocycles. The van der Waals surface area contributed by atoms with E-state index in [1.807, 2.05) is 0 Å². The average molecular weight is 214 g/mol. The molecule has 0 bridgehead atoms. The van der Waals surface area contributed by atoms with Gasteiger partial charge in [-0.25, -0.2) is 9.18 Å². The third kappa shape index (κ3) is 3.05. The molecule has 0 aromatic heterocycles. The van der Waals surface area contributed by atoms with Crippen LogP contribution in [0, 0.1) is 11.6 Å². The van der Waals surface area contributed by atoms with Crippen LogP contribution >= 0.6 is 0 Å². The summed E-state index contributed by atoms with van der Waals surface area (Å²) in [6, 6.07) is 3.49. The third-order valence-electron chi connectivity index (χ3n) is 1.52. The summed E-state index contributed by atoms with van der Waals surface area (Å²) in [5, 5.41) is 0. The Hall–Kier alpha value is -1.91. The smallest absolute Gasteiger partial charge is 0.333 e. The maximum Gasteiger partial charge on any atom is 0.333 e. The van der Waals surface area contributed by atoms with Gasteiger partial charge in [0.15, 0.2) is 11.6 Å². The number of benzene rings is 1. The molecule has 1 rings (SSSR count). The van der Waals surface area contributed by atoms with Gasteiger partial charge in [-0.3, -0.25) is 0 Å². The topological polar surface area (TPSA) is 35.5 Å². The summed E-state index contributed by atoms with van der Waals surface area (Å²) in [7, 11) is 1.19. The molecule has 1 aromatic carbocycles. The van der Waals surface area contributed by atoms with Crippen LogP contribution in [0.3, 0.4) is 0 Å². The first-order valence-electron chi connectivity index (χ1n) is 4.00. The molecular weight excluding hydrogens is 206 g/mol. The van der Waals surface area contributed by atoms with E-state index in [0.717, 1.165) is 18.4 Å². The van der Waals surface area contributed by atoms with Gasteiger partial charge in [0.25, 0.3) is 0 Å². The van der Waals surface area contributed by atoms with E-state index in [-0.39, 0.29) is 5.75 Å². The molecule has 0 aliphatic rings. The van der Waals surface area contributed by atoms with E-state index in [4.69, 9.17) is 4.74 Å². The van der Waals surface area contributed by atoms with Crippen molar-refractivity contribution >= 4 is 5.97 Å². The molecule has 80 valence electrons. The van der Waals surface area contributed by atoms with Gasteiger partial charge in [-0.15, -0.1) is 0 Å². The quantitative estimate of drug-likeness (QED) is 0.438. The van der Waals surface area contributed by atoms with Crippen molar-refractivity contribution in [1.82, 2.24) is 0 Å². The van der Waals surface area contributed by atoms with Gasteiger partial charge in [-0.05, 0) is 12.1 Å². The molecule has 1 aromatic rings. The summed E-state index contributed by atoms with van der Waals surface area (Å²) >= 11 is 0. The molecule has 0 saturated heterocycles. The van der Waals surface area contributed by atoms with Crippen molar-refractivity contribution < 1.29 is 23.0 Å². The summed E-state index contributed by atoms with van der Waals surface area (Å²) < 4.78 is 34.6. The molecule has 0 aliphatic heterocycles. The van der Waals surface area contributed by atoms with Crippen LogP contribution < -0.4 is 4.74 Å². The summed E-state index contributed by atoms with van der Waals surface area (Å²) in [5.41, 5.74) is 0. The van der Waals surface area contributed by atoms with Gasteiger partial charge < -0.3 is 9.47 Å². The van der Waals surface area contributed by atoms with Crippen LogP contribution in [0.5, 0.6) is 5.75 Å². The van der Waals surface area contributed by atoms with E-state index in [2.05, 4.69) is 4.74 Å². The molecule has 0 aliphatic carbocycles. The zero-order valence-electron chi connectivity index (χ0n) is 7.87. The van der Waals surface area contributed by atoms with Crippen molar-refractivity contribution in [2.24, 2.45) is 0 Å². The fraction of sp³-hybridized carbons (Fsp3) is 0.100. The van der Waals surface area contributed by atoms with Crippen molar-refractivity contribution in [3.05, 3.63) is 42.2 Å². The fourth-order valence-corrected chi connectivity index (χ4v) is 0.806. The SMILES string of the molecule is COC(=O)C=COc1cccc(F)c1F. The van der Waals surface area contributed by atoms with Crippen LogP contribution in [0.2, 0.25) is 0 Å². The first-order chi connectivity index (χ1) is 7.15. The van der Waals surface area contributed by atoms with Crippen LogP contribution in [0.1, 0.15) is 0 Å². The van der Waals surface area contributed by atoms with Crippen LogP contribution in [-0.4, -0.2) is 13.1 Å². The zero-order chi connectivity index (χ0) is 11.3. The molecule has 0 fully saturated rings. The number of ether oxygens (including phenoxy) is 2. The molecule has 0 amide bonds. The van der Waals surface area contributed by atoms with E-state index >= 15 is 0 Å². The molecule has 3 nitrogen and oxygen atoms in total. The number of halogens is 2. The standard InChI is InChI=1S/C10H8F2O3/c1-14-9(13)5-6-15-8-4-2-3-7(11)10(8)12/h2-6H,1H3. The first-order valence-corrected chi connectivity index (χ1v) is 4.00. The maximum absolute atomic E-state index is 13.0. The second-order valence-corrected chi connectivity index (χ2v) is 2.50. The van der Waals surface area contributed by atoms with E-state index in [0.29, 0.717) is 0 Å². The normalized spacial score (nSPS) is 10.3. The molecule has 0 heterocycles. The Bertz CT molecular complexity index is 388. The van der Waals surface area contributed by atoms with Crippen LogP contribution in [-0.2, 0) is 9.53 Å². The minimum Gasteiger partial charge on any atom is -0.466 e. The van der Waals surface area contributed by atoms with Gasteiger partial charge in [0.2, 0.25) is 5.82 Å². The predicted octanol–water partition coefficient (Wildman–Crippen LogP) is 2.03. The molecular formula is C10H8F2O3. The highest BCUT2D eigenvalue weighted by molar-refractivity contribution is 5.81. The van der Waals surface area contributed by atoms with Gasteiger partial charge in [0.1, 0.15) is 0 Å². The zero-order valence-corrected chi connectivity index (χ0v) is 7.87. The lowest BCUT2D eigenvalue weighted by Crippen LogP contribution is -1.96. The highest BCUT2D eigenvalue weighted by Gasteiger charge is 2.07. The highest BCUT2D eigenvalue weighted by atomic mass is 19.2. The molecule has 0 atom stereocenters. The van der Waals surface area contributed by atoms with Gasteiger partial charge in [-0.1, -0.05) is 6.07 Å². The summed E-state index contributed by atoms with van der Waals surface area (Å²) in [4.78, 5) is 10.6. The Kier molecular flexibility index (Phi) is 3.79. The fourth-order valence-electron chi connectivity index (χ4n) is 0.806. The molecule has 0 radical (unpaired) electrons. The Morgan fingerprint density at radius 3 is 2.80 bits per heavy atom. The van der Waals surface area contributed by atoms with Crippen molar-refractivity contribution in [2.45, 2.75) is 0 Å². The van der Waals surface area contributed by atoms with Crippen LogP contribution in [0.15, 0.2) is 30.5 Å². The van der Waals surface area contributed by atoms with E-state index in [9.17, 15) is 13.6 Å². The van der Waals surface area contributed by atoms with E-state index < -0.39 is 17.6 Å². The van der Waals surface area contributed by atoms with Gasteiger partial charge >= 0.3 is 5.97 Å². The van der Waals surface area contributed by atoms with E-state index in [1.165, 1.54) is 19.2 Å². The number of carbonyl (C=O) groups excluding carboxylic acids is 1. The minimum absolute atomic E-state index is 0.296. The monoisotopic (exact) mass is 214 g/mol. The average Bonchev–Trinajstić information content (AvgIpc) is 2.24. The lowest BCUT2D eigenvalue weighted by atomic mass is 10.3. The summed E-state index contributed by atoms with van der Waals surface area (Å²) in [6.07, 6.45) is 1.87. The number of esters is 1. The molecule has 0 N–H and O–H groups in total. The van der Waals surface area contributed by atoms with Crippen LogP contribution in [0.25, 0.3) is 0 Å². The minimum atomic E-state index is -1.10. The largest absolute Gasteiger partial charge is 0.466 e. The van der Waals surface area contributed by atoms with Crippen molar-refractivity contribution in [3.8, 4) is 5.75 Å². The Labute approximate surface area is 84.9 Å². The predicted molar refractivity (Wildman–Crippen MR) is 48.1 cm³/mol. The number of methoxy groups -OCH3 is 1. The molecule has 15 heavy (non-hydrogen) atoms. The number of hydrogen-bond acceptors (Lipinski definition) is 3. The third-order valence-corrected chi connectivity index (χ3v) is 1.52. The number of rotatable bonds is 3. The van der Waals surface area contributed by atoms with E-state index in [1.54, 1.807) is 0 Å². The maximum atomic E-state index is 13.0. The second kappa shape index (κ2) is 5.09. The van der Waals surface area contributed by atoms with Gasteiger partial charge in [0, 0.05) is 0 Å². The lowest BCUT2D eigenvalue weighted by molar-refractivity contribution is -0.134. The first kappa shape index (κ1) is 11.2. The molecule has 0 unspecified atom stereocenters. The number of hydrogen-bond donors (Lipinski definition) is 0. The summed E-state index contributed by atoms with van der Waals surface area (Å²) in [6.45, 7) is 0. The van der Waals surface area contributed by atoms with Crippen molar-refractivity contribution in [1.29, 1.82) is 0 Å². The number of carbonyl (C=O) groups is 1.